The molecule has 0 aliphatic heterocycles. The Labute approximate surface area is 200 Å². The zero-order chi connectivity index (χ0) is 26.3. The van der Waals surface area contributed by atoms with Gasteiger partial charge in [-0.1, -0.05) is 67.4 Å². The molecule has 0 aliphatic carbocycles. The number of halogens is 3. The second-order valence-electron chi connectivity index (χ2n) is 8.79. The Morgan fingerprint density at radius 1 is 0.788 bits per heavy atom. The first-order chi connectivity index (χ1) is 15.2. The predicted molar refractivity (Wildman–Crippen MR) is 136 cm³/mol. The molecule has 0 rings (SSSR count). The Hall–Kier alpha value is -2.01. The van der Waals surface area contributed by atoms with E-state index in [1.165, 1.54) is 19.6 Å². The highest BCUT2D eigenvalue weighted by molar-refractivity contribution is 5.37. The van der Waals surface area contributed by atoms with Crippen molar-refractivity contribution in [3.8, 4) is 0 Å². The maximum absolute atomic E-state index is 14.6. The van der Waals surface area contributed by atoms with Crippen molar-refractivity contribution in [3.05, 3.63) is 72.4 Å². The van der Waals surface area contributed by atoms with Gasteiger partial charge in [-0.05, 0) is 73.2 Å². The quantitative estimate of drug-likeness (QED) is 0.203. The van der Waals surface area contributed by atoms with Crippen molar-refractivity contribution in [1.82, 2.24) is 0 Å². The Bertz CT molecular complexity index is 717. The summed E-state index contributed by atoms with van der Waals surface area (Å²) in [6.45, 7) is 26.0. The van der Waals surface area contributed by atoms with Gasteiger partial charge in [0.05, 0.1) is 13.2 Å². The van der Waals surface area contributed by atoms with Crippen molar-refractivity contribution in [1.29, 1.82) is 0 Å². The van der Waals surface area contributed by atoms with E-state index in [0.717, 1.165) is 0 Å². The summed E-state index contributed by atoms with van der Waals surface area (Å²) in [5.41, 5.74) is 0.705. The standard InChI is InChI=1S/C25H37F3O2.C3H8/c1-15(18(4)14-23(26)22(8)30-9)10-11-16(2)20(6)24(27)25(28)21(7)17(3)12-13-19(5)29;1-3-2/h14-17,19,29H,4,6-8,10-13H2,1-3,5,9H3;3H2,1-2H3/b23-14+,25-24-;. The largest absolute Gasteiger partial charge is 0.494 e. The lowest BCUT2D eigenvalue weighted by Crippen LogP contribution is -2.08. The molecule has 33 heavy (non-hydrogen) atoms. The van der Waals surface area contributed by atoms with E-state index in [9.17, 15) is 18.3 Å². The zero-order valence-corrected chi connectivity index (χ0v) is 21.7. The normalized spacial score (nSPS) is 15.8. The number of aliphatic hydroxyl groups excluding tert-OH is 1. The highest BCUT2D eigenvalue weighted by Gasteiger charge is 2.21. The van der Waals surface area contributed by atoms with Crippen LogP contribution in [0.15, 0.2) is 72.4 Å². The van der Waals surface area contributed by atoms with Crippen LogP contribution in [0.3, 0.4) is 0 Å². The molecule has 0 heterocycles. The van der Waals surface area contributed by atoms with Crippen LogP contribution in [0, 0.1) is 17.8 Å². The average Bonchev–Trinajstić information content (AvgIpc) is 2.78. The van der Waals surface area contributed by atoms with Crippen molar-refractivity contribution in [2.75, 3.05) is 7.11 Å². The Morgan fingerprint density at radius 3 is 1.52 bits per heavy atom. The first-order valence-electron chi connectivity index (χ1n) is 11.7. The fourth-order valence-corrected chi connectivity index (χ4v) is 2.72. The predicted octanol–water partition coefficient (Wildman–Crippen LogP) is 9.08. The smallest absolute Gasteiger partial charge is 0.164 e. The maximum atomic E-state index is 14.6. The van der Waals surface area contributed by atoms with Gasteiger partial charge in [-0.25, -0.2) is 13.2 Å². The first kappa shape index (κ1) is 33.2. The third-order valence-electron chi connectivity index (χ3n) is 5.45. The van der Waals surface area contributed by atoms with Crippen molar-refractivity contribution in [2.45, 2.75) is 79.8 Å². The van der Waals surface area contributed by atoms with Crippen LogP contribution in [0.2, 0.25) is 0 Å². The van der Waals surface area contributed by atoms with E-state index < -0.39 is 23.6 Å². The van der Waals surface area contributed by atoms with Crippen LogP contribution < -0.4 is 0 Å². The molecule has 0 bridgehead atoms. The van der Waals surface area contributed by atoms with Crippen LogP contribution in [-0.2, 0) is 4.74 Å². The molecule has 0 radical (unpaired) electrons. The summed E-state index contributed by atoms with van der Waals surface area (Å²) in [6, 6.07) is 0. The summed E-state index contributed by atoms with van der Waals surface area (Å²) in [5, 5.41) is 9.36. The Morgan fingerprint density at radius 2 is 1.15 bits per heavy atom. The third-order valence-corrected chi connectivity index (χ3v) is 5.45. The van der Waals surface area contributed by atoms with Crippen molar-refractivity contribution >= 4 is 0 Å². The minimum Gasteiger partial charge on any atom is -0.494 e. The molecule has 0 aromatic carbocycles. The summed E-state index contributed by atoms with van der Waals surface area (Å²) in [6.07, 6.45) is 4.15. The van der Waals surface area contributed by atoms with Crippen molar-refractivity contribution in [3.63, 3.8) is 0 Å². The summed E-state index contributed by atoms with van der Waals surface area (Å²) in [5.74, 6) is -3.30. The molecule has 0 saturated carbocycles. The molecule has 0 spiro atoms. The number of rotatable bonds is 14. The molecule has 0 saturated heterocycles. The zero-order valence-electron chi connectivity index (χ0n) is 21.7. The molecule has 2 nitrogen and oxygen atoms in total. The van der Waals surface area contributed by atoms with Gasteiger partial charge in [0.1, 0.15) is 5.76 Å². The van der Waals surface area contributed by atoms with Gasteiger partial charge in [-0.2, -0.15) is 0 Å². The average molecular weight is 471 g/mol. The first-order valence-corrected chi connectivity index (χ1v) is 11.7. The summed E-state index contributed by atoms with van der Waals surface area (Å²) < 4.78 is 47.7. The second kappa shape index (κ2) is 17.5. The molecule has 4 atom stereocenters. The molecule has 1 N–H and O–H groups in total. The number of ether oxygens (including phenoxy) is 1. The molecular weight excluding hydrogens is 425 g/mol. The molecule has 0 aromatic rings. The van der Waals surface area contributed by atoms with Gasteiger partial charge < -0.3 is 9.84 Å². The van der Waals surface area contributed by atoms with E-state index in [4.69, 9.17) is 4.74 Å². The summed E-state index contributed by atoms with van der Waals surface area (Å²) in [7, 11) is 1.33. The van der Waals surface area contributed by atoms with Crippen LogP contribution in [0.25, 0.3) is 0 Å². The van der Waals surface area contributed by atoms with Crippen LogP contribution in [0.1, 0.15) is 73.6 Å². The summed E-state index contributed by atoms with van der Waals surface area (Å²) >= 11 is 0. The van der Waals surface area contributed by atoms with E-state index in [1.54, 1.807) is 20.8 Å². The van der Waals surface area contributed by atoms with E-state index >= 15 is 0 Å². The molecule has 190 valence electrons. The number of aliphatic hydroxyl groups is 1. The summed E-state index contributed by atoms with van der Waals surface area (Å²) in [4.78, 5) is 0. The molecule has 0 amide bonds. The monoisotopic (exact) mass is 470 g/mol. The lowest BCUT2D eigenvalue weighted by Gasteiger charge is -2.19. The Kier molecular flexibility index (Phi) is 17.6. The van der Waals surface area contributed by atoms with Gasteiger partial charge in [-0.3, -0.25) is 0 Å². The number of methoxy groups -OCH3 is 1. The minimum atomic E-state index is -0.981. The van der Waals surface area contributed by atoms with Crippen LogP contribution in [-0.4, -0.2) is 18.3 Å². The van der Waals surface area contributed by atoms with Crippen molar-refractivity contribution < 1.29 is 23.0 Å². The fraction of sp³-hybridized carbons (Fsp3) is 0.571. The molecule has 0 fully saturated rings. The maximum Gasteiger partial charge on any atom is 0.164 e. The van der Waals surface area contributed by atoms with Gasteiger partial charge in [0.2, 0.25) is 0 Å². The molecule has 5 heteroatoms. The molecule has 4 unspecified atom stereocenters. The number of allylic oxidation sites excluding steroid dienone is 7. The highest BCUT2D eigenvalue weighted by atomic mass is 19.2. The third kappa shape index (κ3) is 13.3. The molecule has 0 aliphatic rings. The number of hydrogen-bond donors (Lipinski definition) is 1. The van der Waals surface area contributed by atoms with Crippen LogP contribution in [0.5, 0.6) is 0 Å². The minimum absolute atomic E-state index is 0.0667. The van der Waals surface area contributed by atoms with E-state index in [1.807, 2.05) is 6.92 Å². The molecular formula is C28H45F3O2. The van der Waals surface area contributed by atoms with Crippen LogP contribution >= 0.6 is 0 Å². The van der Waals surface area contributed by atoms with E-state index in [-0.39, 0.29) is 34.7 Å². The number of hydrogen-bond acceptors (Lipinski definition) is 2. The lowest BCUT2D eigenvalue weighted by atomic mass is 9.88. The fourth-order valence-electron chi connectivity index (χ4n) is 2.72. The van der Waals surface area contributed by atoms with E-state index in [0.29, 0.717) is 31.3 Å². The van der Waals surface area contributed by atoms with Gasteiger partial charge in [-0.15, -0.1) is 0 Å². The SMILES string of the molecule is C=C(OC)/C(F)=C\C(=C)C(C)CCC(C)C(=C)/C(F)=C(/F)C(=C)C(C)CCC(C)O.CCC. The highest BCUT2D eigenvalue weighted by Crippen LogP contribution is 2.33. The molecule has 0 aromatic heterocycles. The lowest BCUT2D eigenvalue weighted by molar-refractivity contribution is 0.177. The Balaban J connectivity index is 0. The second-order valence-corrected chi connectivity index (χ2v) is 8.79. The van der Waals surface area contributed by atoms with Gasteiger partial charge >= 0.3 is 0 Å². The van der Waals surface area contributed by atoms with Gasteiger partial charge in [0, 0.05) is 0 Å². The topological polar surface area (TPSA) is 29.5 Å². The van der Waals surface area contributed by atoms with E-state index in [2.05, 4.69) is 40.2 Å². The van der Waals surface area contributed by atoms with Gasteiger partial charge in [0.15, 0.2) is 17.5 Å². The van der Waals surface area contributed by atoms with Crippen LogP contribution in [0.4, 0.5) is 13.2 Å². The van der Waals surface area contributed by atoms with Gasteiger partial charge in [0.25, 0.3) is 0 Å². The van der Waals surface area contributed by atoms with Crippen molar-refractivity contribution in [2.24, 2.45) is 17.8 Å².